The van der Waals surface area contributed by atoms with Crippen LogP contribution in [0.4, 0.5) is 0 Å². The van der Waals surface area contributed by atoms with Crippen molar-refractivity contribution in [2.75, 3.05) is 19.8 Å². The van der Waals surface area contributed by atoms with Crippen molar-refractivity contribution in [1.29, 1.82) is 0 Å². The number of esters is 3. The van der Waals surface area contributed by atoms with Gasteiger partial charge in [0, 0.05) is 19.3 Å². The van der Waals surface area contributed by atoms with Crippen molar-refractivity contribution in [3.05, 3.63) is 11.6 Å². The molecule has 1 N–H and O–H groups in total. The number of cyclic esters (lactones) is 1. The molecule has 0 bridgehead atoms. The molecule has 2 aliphatic heterocycles. The van der Waals surface area contributed by atoms with Crippen molar-refractivity contribution in [3.63, 3.8) is 0 Å². The predicted molar refractivity (Wildman–Crippen MR) is 112 cm³/mol. The maximum Gasteiger partial charge on any atom is 0.336 e. The molecule has 7 atom stereocenters. The highest BCUT2D eigenvalue weighted by Gasteiger charge is 2.67. The lowest BCUT2D eigenvalue weighted by molar-refractivity contribution is -0.201. The number of allylic oxidation sites excluding steroid dienone is 1. The molecule has 2 aliphatic carbocycles. The minimum atomic E-state index is -0.889. The van der Waals surface area contributed by atoms with Gasteiger partial charge in [-0.25, -0.2) is 4.79 Å². The molecule has 0 radical (unpaired) electrons. The normalized spacial score (nSPS) is 44.2. The Bertz CT molecular complexity index is 830. The number of aliphatic hydroxyl groups excluding tert-OH is 1. The molecular weight excluding hydrogens is 416 g/mol. The summed E-state index contributed by atoms with van der Waals surface area (Å²) in [5.74, 6) is -0.893. The van der Waals surface area contributed by atoms with E-state index in [0.29, 0.717) is 25.0 Å². The third-order valence-corrected chi connectivity index (χ3v) is 8.51. The standard InChI is InChI=1S/C24H34O8/c1-14(25)30-12-23(4)18-7-10-24(13-31-24)19(6-5-16-17(27)11-29-21(16)28)22(18,3)9-8-20(23)32-15(2)26/h5,17-20,27H,6-13H2,1-4H3/b16-5+/t17-,18+,19+,20-,22-,23+,24-/m1/s1. The van der Waals surface area contributed by atoms with Crippen LogP contribution in [0.5, 0.6) is 0 Å². The molecule has 0 unspecified atom stereocenters. The first-order chi connectivity index (χ1) is 15.0. The van der Waals surface area contributed by atoms with Gasteiger partial charge in [0.05, 0.1) is 17.8 Å². The fraction of sp³-hybridized carbons (Fsp3) is 0.792. The fourth-order valence-corrected chi connectivity index (χ4v) is 6.86. The highest BCUT2D eigenvalue weighted by molar-refractivity contribution is 5.91. The van der Waals surface area contributed by atoms with E-state index in [4.69, 9.17) is 18.9 Å². The Morgan fingerprint density at radius 3 is 2.47 bits per heavy atom. The molecule has 4 aliphatic rings. The maximum absolute atomic E-state index is 12.0. The molecule has 8 nitrogen and oxygen atoms in total. The van der Waals surface area contributed by atoms with E-state index in [1.165, 1.54) is 13.8 Å². The Balaban J connectivity index is 1.66. The molecule has 8 heteroatoms. The van der Waals surface area contributed by atoms with Crippen molar-refractivity contribution in [2.45, 2.75) is 77.6 Å². The number of epoxide rings is 1. The first-order valence-corrected chi connectivity index (χ1v) is 11.5. The number of fused-ring (bicyclic) bond motifs is 1. The zero-order valence-electron chi connectivity index (χ0n) is 19.3. The van der Waals surface area contributed by atoms with E-state index < -0.39 is 17.5 Å². The average Bonchev–Trinajstić information content (AvgIpc) is 3.41. The van der Waals surface area contributed by atoms with E-state index in [1.807, 2.05) is 6.08 Å². The van der Waals surface area contributed by atoms with Crippen LogP contribution in [0.2, 0.25) is 0 Å². The SMILES string of the molecule is CC(=O)OC[C@@]1(C)[C@H]2CC[C@@]3(CO3)[C@@H](C/C=C3/C(=O)OC[C@H]3O)[C@]2(C)CC[C@H]1OC(C)=O. The first kappa shape index (κ1) is 23.2. The number of hydrogen-bond acceptors (Lipinski definition) is 8. The molecule has 2 heterocycles. The maximum atomic E-state index is 12.0. The fourth-order valence-electron chi connectivity index (χ4n) is 6.86. The summed E-state index contributed by atoms with van der Waals surface area (Å²) in [6.07, 6.45) is 4.42. The second-order valence-corrected chi connectivity index (χ2v) is 10.4. The Morgan fingerprint density at radius 2 is 1.91 bits per heavy atom. The third kappa shape index (κ3) is 3.85. The van der Waals surface area contributed by atoms with Crippen LogP contribution >= 0.6 is 0 Å². The molecule has 32 heavy (non-hydrogen) atoms. The second-order valence-electron chi connectivity index (χ2n) is 10.4. The van der Waals surface area contributed by atoms with E-state index in [2.05, 4.69) is 13.8 Å². The molecule has 2 saturated carbocycles. The third-order valence-electron chi connectivity index (χ3n) is 8.51. The van der Waals surface area contributed by atoms with Crippen LogP contribution < -0.4 is 0 Å². The van der Waals surface area contributed by atoms with Gasteiger partial charge in [0.2, 0.25) is 0 Å². The highest BCUT2D eigenvalue weighted by Crippen LogP contribution is 2.66. The van der Waals surface area contributed by atoms with Gasteiger partial charge in [0.25, 0.3) is 0 Å². The number of carbonyl (C=O) groups excluding carboxylic acids is 3. The van der Waals surface area contributed by atoms with E-state index in [9.17, 15) is 19.5 Å². The molecule has 0 aromatic carbocycles. The van der Waals surface area contributed by atoms with Gasteiger partial charge in [0.1, 0.15) is 25.4 Å². The number of hydrogen-bond donors (Lipinski definition) is 1. The van der Waals surface area contributed by atoms with Crippen LogP contribution in [0.25, 0.3) is 0 Å². The second kappa shape index (κ2) is 8.13. The average molecular weight is 451 g/mol. The quantitative estimate of drug-likeness (QED) is 0.294. The van der Waals surface area contributed by atoms with Crippen molar-refractivity contribution >= 4 is 17.9 Å². The molecule has 2 saturated heterocycles. The predicted octanol–water partition coefficient (Wildman–Crippen LogP) is 2.32. The topological polar surface area (TPSA) is 112 Å². The summed E-state index contributed by atoms with van der Waals surface area (Å²) < 4.78 is 22.2. The summed E-state index contributed by atoms with van der Waals surface area (Å²) in [6.45, 7) is 7.99. The lowest BCUT2D eigenvalue weighted by atomic mass is 9.45. The Kier molecular flexibility index (Phi) is 5.91. The van der Waals surface area contributed by atoms with Gasteiger partial charge in [-0.3, -0.25) is 9.59 Å². The van der Waals surface area contributed by atoms with Crippen LogP contribution in [0.3, 0.4) is 0 Å². The molecule has 178 valence electrons. The van der Waals surface area contributed by atoms with Crippen LogP contribution in [0.15, 0.2) is 11.6 Å². The number of ether oxygens (including phenoxy) is 4. The molecule has 0 aromatic heterocycles. The molecule has 4 fully saturated rings. The minimum Gasteiger partial charge on any atom is -0.465 e. The van der Waals surface area contributed by atoms with Crippen molar-refractivity contribution in [1.82, 2.24) is 0 Å². The van der Waals surface area contributed by atoms with E-state index in [1.54, 1.807) is 0 Å². The van der Waals surface area contributed by atoms with Gasteiger partial charge < -0.3 is 24.1 Å². The van der Waals surface area contributed by atoms with Gasteiger partial charge in [-0.15, -0.1) is 0 Å². The Morgan fingerprint density at radius 1 is 1.19 bits per heavy atom. The number of aliphatic hydroxyl groups is 1. The van der Waals surface area contributed by atoms with Crippen molar-refractivity contribution in [2.24, 2.45) is 22.7 Å². The molecule has 1 spiro atoms. The van der Waals surface area contributed by atoms with Crippen molar-refractivity contribution < 1.29 is 38.4 Å². The number of rotatable bonds is 5. The van der Waals surface area contributed by atoms with Gasteiger partial charge in [-0.1, -0.05) is 19.9 Å². The van der Waals surface area contributed by atoms with Crippen molar-refractivity contribution in [3.8, 4) is 0 Å². The largest absolute Gasteiger partial charge is 0.465 e. The zero-order valence-corrected chi connectivity index (χ0v) is 19.3. The minimum absolute atomic E-state index is 0.00138. The lowest BCUT2D eigenvalue weighted by Crippen LogP contribution is -2.61. The van der Waals surface area contributed by atoms with E-state index in [0.717, 1.165) is 19.3 Å². The smallest absolute Gasteiger partial charge is 0.336 e. The molecule has 0 aromatic rings. The summed E-state index contributed by atoms with van der Waals surface area (Å²) in [4.78, 5) is 35.5. The van der Waals surface area contributed by atoms with Gasteiger partial charge in [0.15, 0.2) is 0 Å². The zero-order chi connectivity index (χ0) is 23.3. The Hall–Kier alpha value is -1.93. The summed E-state index contributed by atoms with van der Waals surface area (Å²) in [5.41, 5.74) is -0.613. The van der Waals surface area contributed by atoms with Gasteiger partial charge in [-0.05, 0) is 49.4 Å². The monoisotopic (exact) mass is 450 g/mol. The van der Waals surface area contributed by atoms with Crippen LogP contribution in [-0.2, 0) is 33.3 Å². The van der Waals surface area contributed by atoms with Gasteiger partial charge in [-0.2, -0.15) is 0 Å². The molecule has 0 amide bonds. The summed E-state index contributed by atoms with van der Waals surface area (Å²) in [6, 6.07) is 0. The number of carbonyl (C=O) groups is 3. The van der Waals surface area contributed by atoms with Gasteiger partial charge >= 0.3 is 17.9 Å². The van der Waals surface area contributed by atoms with Crippen LogP contribution in [0.1, 0.15) is 59.8 Å². The van der Waals surface area contributed by atoms with Crippen LogP contribution in [-0.4, -0.2) is 60.6 Å². The summed E-state index contributed by atoms with van der Waals surface area (Å²) >= 11 is 0. The lowest BCUT2D eigenvalue weighted by Gasteiger charge is -2.61. The van der Waals surface area contributed by atoms with E-state index in [-0.39, 0.29) is 54.1 Å². The first-order valence-electron chi connectivity index (χ1n) is 11.5. The highest BCUT2D eigenvalue weighted by atomic mass is 16.6. The molecular formula is C24H34O8. The Labute approximate surface area is 188 Å². The molecule has 4 rings (SSSR count). The van der Waals surface area contributed by atoms with E-state index >= 15 is 0 Å². The van der Waals surface area contributed by atoms with Crippen LogP contribution in [0, 0.1) is 22.7 Å². The summed E-state index contributed by atoms with van der Waals surface area (Å²) in [7, 11) is 0. The summed E-state index contributed by atoms with van der Waals surface area (Å²) in [5, 5.41) is 10.1.